The third-order valence-electron chi connectivity index (χ3n) is 2.37. The van der Waals surface area contributed by atoms with Crippen molar-refractivity contribution in [2.75, 3.05) is 5.73 Å². The molecule has 1 aromatic carbocycles. The molecule has 0 fully saturated rings. The van der Waals surface area contributed by atoms with Gasteiger partial charge in [0.25, 0.3) is 0 Å². The molecule has 0 aliphatic rings. The summed E-state index contributed by atoms with van der Waals surface area (Å²) in [6.45, 7) is 4.17. The average Bonchev–Trinajstić information content (AvgIpc) is 2.19. The Balaban J connectivity index is 2.94. The maximum atomic E-state index is 7.83. The van der Waals surface area contributed by atoms with Crippen LogP contribution in [0.15, 0.2) is 18.2 Å². The Morgan fingerprint density at radius 2 is 2.07 bits per heavy atom. The largest absolute Gasteiger partial charge is 0.399 e. The Hall–Kier alpha value is -1.31. The van der Waals surface area contributed by atoms with Crippen LogP contribution in [0, 0.1) is 5.41 Å². The summed E-state index contributed by atoms with van der Waals surface area (Å²) in [4.78, 5) is 0. The minimum absolute atomic E-state index is 0.710. The molecule has 0 aromatic heterocycles. The van der Waals surface area contributed by atoms with Crippen molar-refractivity contribution in [1.82, 2.24) is 0 Å². The van der Waals surface area contributed by atoms with Crippen molar-refractivity contribution in [3.8, 4) is 0 Å². The maximum absolute atomic E-state index is 7.83. The molecule has 2 heteroatoms. The third kappa shape index (κ3) is 2.34. The molecule has 0 atom stereocenters. The number of hydrogen-bond acceptors (Lipinski definition) is 2. The van der Waals surface area contributed by atoms with Crippen molar-refractivity contribution in [1.29, 1.82) is 5.41 Å². The number of nitrogen functional groups attached to an aromatic ring is 1. The standard InChI is InChI=1S/C12H18N2/c1-3-5-11(13)10-6-7-12(14)9(4-2)8-10/h6-8,13H,3-5,14H2,1-2H3. The predicted molar refractivity (Wildman–Crippen MR) is 62.0 cm³/mol. The Morgan fingerprint density at radius 3 is 2.64 bits per heavy atom. The highest BCUT2D eigenvalue weighted by Crippen LogP contribution is 2.16. The lowest BCUT2D eigenvalue weighted by atomic mass is 10.0. The second kappa shape index (κ2) is 4.80. The Bertz CT molecular complexity index is 329. The van der Waals surface area contributed by atoms with E-state index in [0.29, 0.717) is 5.71 Å². The highest BCUT2D eigenvalue weighted by Gasteiger charge is 2.03. The van der Waals surface area contributed by atoms with Gasteiger partial charge in [0.1, 0.15) is 0 Å². The fourth-order valence-electron chi connectivity index (χ4n) is 1.49. The van der Waals surface area contributed by atoms with Crippen molar-refractivity contribution in [3.63, 3.8) is 0 Å². The molecule has 0 aliphatic heterocycles. The summed E-state index contributed by atoms with van der Waals surface area (Å²) in [6.07, 6.45) is 2.79. The van der Waals surface area contributed by atoms with Gasteiger partial charge in [-0.2, -0.15) is 0 Å². The molecule has 0 radical (unpaired) electrons. The van der Waals surface area contributed by atoms with Gasteiger partial charge in [-0.1, -0.05) is 26.3 Å². The van der Waals surface area contributed by atoms with Gasteiger partial charge in [-0.05, 0) is 36.1 Å². The summed E-state index contributed by atoms with van der Waals surface area (Å²) in [5.74, 6) is 0. The number of hydrogen-bond donors (Lipinski definition) is 2. The van der Waals surface area contributed by atoms with Crippen LogP contribution in [0.4, 0.5) is 5.69 Å². The molecule has 0 unspecified atom stereocenters. The third-order valence-corrected chi connectivity index (χ3v) is 2.37. The van der Waals surface area contributed by atoms with Crippen LogP contribution < -0.4 is 5.73 Å². The van der Waals surface area contributed by atoms with E-state index in [4.69, 9.17) is 11.1 Å². The lowest BCUT2D eigenvalue weighted by molar-refractivity contribution is 0.985. The summed E-state index contributed by atoms with van der Waals surface area (Å²) in [5.41, 5.74) is 9.50. The molecule has 14 heavy (non-hydrogen) atoms. The van der Waals surface area contributed by atoms with Gasteiger partial charge in [-0.3, -0.25) is 0 Å². The number of benzene rings is 1. The van der Waals surface area contributed by atoms with Crippen LogP contribution in [0.5, 0.6) is 0 Å². The van der Waals surface area contributed by atoms with E-state index in [2.05, 4.69) is 13.8 Å². The molecule has 0 heterocycles. The quantitative estimate of drug-likeness (QED) is 0.556. The van der Waals surface area contributed by atoms with Gasteiger partial charge in [-0.25, -0.2) is 0 Å². The number of anilines is 1. The van der Waals surface area contributed by atoms with Gasteiger partial charge >= 0.3 is 0 Å². The van der Waals surface area contributed by atoms with Crippen LogP contribution in [-0.4, -0.2) is 5.71 Å². The number of rotatable bonds is 4. The average molecular weight is 190 g/mol. The second-order valence-corrected chi connectivity index (χ2v) is 3.50. The Kier molecular flexibility index (Phi) is 3.69. The van der Waals surface area contributed by atoms with Crippen molar-refractivity contribution in [2.45, 2.75) is 33.1 Å². The molecule has 0 saturated heterocycles. The Labute approximate surface area is 85.6 Å². The molecule has 0 saturated carbocycles. The van der Waals surface area contributed by atoms with E-state index in [1.807, 2.05) is 18.2 Å². The van der Waals surface area contributed by atoms with E-state index < -0.39 is 0 Å². The van der Waals surface area contributed by atoms with Crippen molar-refractivity contribution < 1.29 is 0 Å². The summed E-state index contributed by atoms with van der Waals surface area (Å²) in [6, 6.07) is 5.87. The van der Waals surface area contributed by atoms with E-state index in [1.54, 1.807) is 0 Å². The lowest BCUT2D eigenvalue weighted by Crippen LogP contribution is -2.01. The maximum Gasteiger partial charge on any atom is 0.0386 e. The van der Waals surface area contributed by atoms with Gasteiger partial charge in [-0.15, -0.1) is 0 Å². The number of nitrogens with one attached hydrogen (secondary N) is 1. The van der Waals surface area contributed by atoms with Crippen LogP contribution in [0.3, 0.4) is 0 Å². The molecular weight excluding hydrogens is 172 g/mol. The highest BCUT2D eigenvalue weighted by molar-refractivity contribution is 5.98. The normalized spacial score (nSPS) is 10.1. The van der Waals surface area contributed by atoms with E-state index in [0.717, 1.165) is 36.1 Å². The van der Waals surface area contributed by atoms with Crippen LogP contribution in [0.1, 0.15) is 37.8 Å². The monoisotopic (exact) mass is 190 g/mol. The predicted octanol–water partition coefficient (Wildman–Crippen LogP) is 3.00. The molecule has 0 spiro atoms. The molecule has 3 N–H and O–H groups in total. The summed E-state index contributed by atoms with van der Waals surface area (Å²) in [5, 5.41) is 7.83. The lowest BCUT2D eigenvalue weighted by Gasteiger charge is -2.07. The van der Waals surface area contributed by atoms with Crippen molar-refractivity contribution in [3.05, 3.63) is 29.3 Å². The van der Waals surface area contributed by atoms with E-state index in [-0.39, 0.29) is 0 Å². The molecule has 0 aliphatic carbocycles. The smallest absolute Gasteiger partial charge is 0.0386 e. The molecule has 2 nitrogen and oxygen atoms in total. The van der Waals surface area contributed by atoms with Gasteiger partial charge in [0.15, 0.2) is 0 Å². The highest BCUT2D eigenvalue weighted by atomic mass is 14.6. The first-order valence-corrected chi connectivity index (χ1v) is 5.15. The van der Waals surface area contributed by atoms with E-state index >= 15 is 0 Å². The van der Waals surface area contributed by atoms with E-state index in [9.17, 15) is 0 Å². The second-order valence-electron chi connectivity index (χ2n) is 3.50. The van der Waals surface area contributed by atoms with Crippen LogP contribution in [0.2, 0.25) is 0 Å². The zero-order valence-corrected chi connectivity index (χ0v) is 8.93. The van der Waals surface area contributed by atoms with Gasteiger partial charge in [0.2, 0.25) is 0 Å². The summed E-state index contributed by atoms with van der Waals surface area (Å²) < 4.78 is 0. The van der Waals surface area contributed by atoms with Crippen molar-refractivity contribution in [2.24, 2.45) is 0 Å². The first-order valence-electron chi connectivity index (χ1n) is 5.15. The van der Waals surface area contributed by atoms with Crippen LogP contribution >= 0.6 is 0 Å². The van der Waals surface area contributed by atoms with Crippen LogP contribution in [0.25, 0.3) is 0 Å². The van der Waals surface area contributed by atoms with E-state index in [1.165, 1.54) is 0 Å². The summed E-state index contributed by atoms with van der Waals surface area (Å²) in [7, 11) is 0. The van der Waals surface area contributed by atoms with Crippen LogP contribution in [-0.2, 0) is 6.42 Å². The number of nitrogens with two attached hydrogens (primary N) is 1. The zero-order chi connectivity index (χ0) is 10.6. The number of aryl methyl sites for hydroxylation is 1. The minimum Gasteiger partial charge on any atom is -0.399 e. The summed E-state index contributed by atoms with van der Waals surface area (Å²) >= 11 is 0. The first-order chi connectivity index (χ1) is 6.69. The fraction of sp³-hybridized carbons (Fsp3) is 0.417. The van der Waals surface area contributed by atoms with Gasteiger partial charge < -0.3 is 11.1 Å². The molecule has 1 rings (SSSR count). The van der Waals surface area contributed by atoms with Crippen molar-refractivity contribution >= 4 is 11.4 Å². The topological polar surface area (TPSA) is 49.9 Å². The molecule has 0 amide bonds. The first kappa shape index (κ1) is 10.8. The van der Waals surface area contributed by atoms with Gasteiger partial charge in [0.05, 0.1) is 0 Å². The minimum atomic E-state index is 0.710. The fourth-order valence-corrected chi connectivity index (χ4v) is 1.49. The molecule has 76 valence electrons. The molecular formula is C12H18N2. The molecule has 1 aromatic rings. The molecule has 0 bridgehead atoms. The Morgan fingerprint density at radius 1 is 1.36 bits per heavy atom. The SMILES string of the molecule is CCCC(=N)c1ccc(N)c(CC)c1. The zero-order valence-electron chi connectivity index (χ0n) is 8.93. The van der Waals surface area contributed by atoms with Gasteiger partial charge in [0, 0.05) is 11.4 Å².